The summed E-state index contributed by atoms with van der Waals surface area (Å²) in [6.07, 6.45) is 1.46. The Hall–Kier alpha value is -2.90. The molecule has 1 saturated heterocycles. The first-order chi connectivity index (χ1) is 13.9. The van der Waals surface area contributed by atoms with Crippen LogP contribution in [0.5, 0.6) is 0 Å². The summed E-state index contributed by atoms with van der Waals surface area (Å²) in [6, 6.07) is 7.44. The number of benzene rings is 1. The van der Waals surface area contributed by atoms with Crippen molar-refractivity contribution >= 4 is 28.7 Å². The molecule has 29 heavy (non-hydrogen) atoms. The molecule has 2 heterocycles. The minimum Gasteiger partial charge on any atom is -0.466 e. The number of nitrogens with zero attached hydrogens (tertiary/aromatic N) is 4. The minimum atomic E-state index is -0.206. The summed E-state index contributed by atoms with van der Waals surface area (Å²) in [5, 5.41) is 0. The Balaban J connectivity index is 1.70. The van der Waals surface area contributed by atoms with Crippen LogP contribution < -0.4 is 10.5 Å². The molecule has 1 aromatic carbocycles. The number of aromatic nitrogens is 2. The van der Waals surface area contributed by atoms with Crippen LogP contribution >= 0.6 is 0 Å². The van der Waals surface area contributed by atoms with E-state index in [1.807, 2.05) is 24.3 Å². The molecule has 0 N–H and O–H groups in total. The SMILES string of the molecule is CCOC(=O)C1CCN(C(=O)CCn2c(=O)c(N(C)C)nc3ccccc32)CC1. The van der Waals surface area contributed by atoms with E-state index < -0.39 is 0 Å². The fourth-order valence-corrected chi connectivity index (χ4v) is 3.68. The number of para-hydroxylation sites is 2. The second kappa shape index (κ2) is 9.07. The third kappa shape index (κ3) is 4.58. The van der Waals surface area contributed by atoms with Gasteiger partial charge in [0.15, 0.2) is 5.82 Å². The smallest absolute Gasteiger partial charge is 0.309 e. The molecular formula is C21H28N4O4. The van der Waals surface area contributed by atoms with Gasteiger partial charge in [-0.15, -0.1) is 0 Å². The van der Waals surface area contributed by atoms with Crippen molar-refractivity contribution in [2.24, 2.45) is 5.92 Å². The third-order valence-corrected chi connectivity index (χ3v) is 5.28. The van der Waals surface area contributed by atoms with E-state index in [-0.39, 0.29) is 29.8 Å². The van der Waals surface area contributed by atoms with E-state index in [0.29, 0.717) is 44.9 Å². The average molecular weight is 400 g/mol. The Morgan fingerprint density at radius 1 is 1.21 bits per heavy atom. The molecule has 2 aromatic rings. The third-order valence-electron chi connectivity index (χ3n) is 5.28. The van der Waals surface area contributed by atoms with Crippen LogP contribution in [0.3, 0.4) is 0 Å². The number of carbonyl (C=O) groups is 2. The lowest BCUT2D eigenvalue weighted by molar-refractivity contribution is -0.151. The zero-order valence-corrected chi connectivity index (χ0v) is 17.3. The molecule has 1 aromatic heterocycles. The largest absolute Gasteiger partial charge is 0.466 e. The number of rotatable bonds is 6. The predicted molar refractivity (Wildman–Crippen MR) is 111 cm³/mol. The van der Waals surface area contributed by atoms with Gasteiger partial charge in [0.05, 0.1) is 23.6 Å². The standard InChI is InChI=1S/C21H28N4O4/c1-4-29-21(28)15-9-12-24(13-10-15)18(26)11-14-25-17-8-6-5-7-16(17)22-19(20(25)27)23(2)3/h5-8,15H,4,9-14H2,1-3H3. The number of aryl methyl sites for hydroxylation is 1. The summed E-state index contributed by atoms with van der Waals surface area (Å²) in [4.78, 5) is 45.4. The molecule has 1 fully saturated rings. The van der Waals surface area contributed by atoms with Gasteiger partial charge in [0.1, 0.15) is 0 Å². The van der Waals surface area contributed by atoms with E-state index in [4.69, 9.17) is 4.74 Å². The number of esters is 1. The van der Waals surface area contributed by atoms with Gasteiger partial charge in [0.2, 0.25) is 5.91 Å². The Bertz CT molecular complexity index is 945. The molecule has 8 nitrogen and oxygen atoms in total. The Morgan fingerprint density at radius 3 is 2.55 bits per heavy atom. The van der Waals surface area contributed by atoms with E-state index in [9.17, 15) is 14.4 Å². The van der Waals surface area contributed by atoms with Crippen LogP contribution in [0.2, 0.25) is 0 Å². The quantitative estimate of drug-likeness (QED) is 0.686. The van der Waals surface area contributed by atoms with Gasteiger partial charge < -0.3 is 19.1 Å². The lowest BCUT2D eigenvalue weighted by atomic mass is 9.97. The molecule has 0 unspecified atom stereocenters. The first-order valence-corrected chi connectivity index (χ1v) is 10.0. The molecule has 1 amide bonds. The maximum atomic E-state index is 12.9. The Morgan fingerprint density at radius 2 is 1.90 bits per heavy atom. The first-order valence-electron chi connectivity index (χ1n) is 10.0. The van der Waals surface area contributed by atoms with Gasteiger partial charge in [0.25, 0.3) is 5.56 Å². The van der Waals surface area contributed by atoms with Crippen molar-refractivity contribution in [2.45, 2.75) is 32.7 Å². The van der Waals surface area contributed by atoms with Crippen LogP contribution in [0.4, 0.5) is 5.82 Å². The van der Waals surface area contributed by atoms with Crippen LogP contribution in [0.25, 0.3) is 11.0 Å². The first kappa shape index (κ1) is 20.8. The van der Waals surface area contributed by atoms with Crippen LogP contribution in [-0.4, -0.2) is 60.1 Å². The molecule has 0 bridgehead atoms. The number of anilines is 1. The predicted octanol–water partition coefficient (Wildman–Crippen LogP) is 1.65. The fourth-order valence-electron chi connectivity index (χ4n) is 3.68. The van der Waals surface area contributed by atoms with Gasteiger partial charge in [-0.25, -0.2) is 4.98 Å². The summed E-state index contributed by atoms with van der Waals surface area (Å²) in [6.45, 7) is 3.54. The van der Waals surface area contributed by atoms with Crippen LogP contribution in [-0.2, 0) is 20.9 Å². The van der Waals surface area contributed by atoms with E-state index in [1.165, 1.54) is 0 Å². The van der Waals surface area contributed by atoms with E-state index >= 15 is 0 Å². The van der Waals surface area contributed by atoms with E-state index in [0.717, 1.165) is 11.0 Å². The van der Waals surface area contributed by atoms with Crippen molar-refractivity contribution in [1.29, 1.82) is 0 Å². The molecule has 0 atom stereocenters. The Labute approximate surface area is 170 Å². The molecule has 1 aliphatic rings. The summed E-state index contributed by atoms with van der Waals surface area (Å²) >= 11 is 0. The zero-order valence-electron chi connectivity index (χ0n) is 17.3. The van der Waals surface area contributed by atoms with Gasteiger partial charge >= 0.3 is 5.97 Å². The van der Waals surface area contributed by atoms with Crippen molar-refractivity contribution in [2.75, 3.05) is 38.7 Å². The highest BCUT2D eigenvalue weighted by atomic mass is 16.5. The van der Waals surface area contributed by atoms with Crippen molar-refractivity contribution in [1.82, 2.24) is 14.5 Å². The number of fused-ring (bicyclic) bond motifs is 1. The molecule has 3 rings (SSSR count). The van der Waals surface area contributed by atoms with Crippen molar-refractivity contribution in [3.05, 3.63) is 34.6 Å². The topological polar surface area (TPSA) is 84.7 Å². The maximum absolute atomic E-state index is 12.9. The maximum Gasteiger partial charge on any atom is 0.309 e. The van der Waals surface area contributed by atoms with Crippen molar-refractivity contribution < 1.29 is 14.3 Å². The highest BCUT2D eigenvalue weighted by Gasteiger charge is 2.28. The van der Waals surface area contributed by atoms with E-state index in [2.05, 4.69) is 4.98 Å². The van der Waals surface area contributed by atoms with Gasteiger partial charge in [0, 0.05) is 40.2 Å². The molecule has 8 heteroatoms. The normalized spacial score (nSPS) is 14.8. The second-order valence-electron chi connectivity index (χ2n) is 7.43. The van der Waals surface area contributed by atoms with Crippen LogP contribution in [0, 0.1) is 5.92 Å². The second-order valence-corrected chi connectivity index (χ2v) is 7.43. The summed E-state index contributed by atoms with van der Waals surface area (Å²) < 4.78 is 6.70. The van der Waals surface area contributed by atoms with Gasteiger partial charge in [-0.2, -0.15) is 0 Å². The molecule has 0 spiro atoms. The summed E-state index contributed by atoms with van der Waals surface area (Å²) in [5.41, 5.74) is 1.23. The fraction of sp³-hybridized carbons (Fsp3) is 0.524. The monoisotopic (exact) mass is 400 g/mol. The molecule has 1 aliphatic heterocycles. The molecule has 0 aliphatic carbocycles. The molecule has 0 saturated carbocycles. The summed E-state index contributed by atoms with van der Waals surface area (Å²) in [5.74, 6) is 0.0388. The number of ether oxygens (including phenoxy) is 1. The number of amides is 1. The highest BCUT2D eigenvalue weighted by Crippen LogP contribution is 2.20. The van der Waals surface area contributed by atoms with E-state index in [1.54, 1.807) is 35.4 Å². The minimum absolute atomic E-state index is 0.00787. The number of likely N-dealkylation sites (tertiary alicyclic amines) is 1. The average Bonchev–Trinajstić information content (AvgIpc) is 2.72. The number of hydrogen-bond acceptors (Lipinski definition) is 6. The Kier molecular flexibility index (Phi) is 6.51. The van der Waals surface area contributed by atoms with Gasteiger partial charge in [-0.1, -0.05) is 12.1 Å². The molecule has 156 valence electrons. The lowest BCUT2D eigenvalue weighted by Crippen LogP contribution is -2.41. The number of carbonyl (C=O) groups excluding carboxylic acids is 2. The molecular weight excluding hydrogens is 372 g/mol. The zero-order chi connectivity index (χ0) is 21.0. The van der Waals surface area contributed by atoms with Crippen LogP contribution in [0.1, 0.15) is 26.2 Å². The van der Waals surface area contributed by atoms with Gasteiger partial charge in [-0.3, -0.25) is 14.4 Å². The summed E-state index contributed by atoms with van der Waals surface area (Å²) in [7, 11) is 3.56. The number of hydrogen-bond donors (Lipinski definition) is 0. The van der Waals surface area contributed by atoms with Crippen molar-refractivity contribution in [3.8, 4) is 0 Å². The van der Waals surface area contributed by atoms with Crippen LogP contribution in [0.15, 0.2) is 29.1 Å². The van der Waals surface area contributed by atoms with Gasteiger partial charge in [-0.05, 0) is 31.9 Å². The van der Waals surface area contributed by atoms with Crippen molar-refractivity contribution in [3.63, 3.8) is 0 Å². The number of piperidine rings is 1. The molecule has 0 radical (unpaired) electrons. The lowest BCUT2D eigenvalue weighted by Gasteiger charge is -2.31. The highest BCUT2D eigenvalue weighted by molar-refractivity contribution is 5.79.